The first kappa shape index (κ1) is 10.9. The van der Waals surface area contributed by atoms with Gasteiger partial charge in [-0.1, -0.05) is 27.7 Å². The van der Waals surface area contributed by atoms with Crippen molar-refractivity contribution in [3.63, 3.8) is 0 Å². The molecule has 0 amide bonds. The van der Waals surface area contributed by atoms with Gasteiger partial charge in [0.2, 0.25) is 0 Å². The van der Waals surface area contributed by atoms with Crippen molar-refractivity contribution in [2.75, 3.05) is 0 Å². The summed E-state index contributed by atoms with van der Waals surface area (Å²) in [5, 5.41) is 18.9. The quantitative estimate of drug-likeness (QED) is 0.653. The van der Waals surface area contributed by atoms with Gasteiger partial charge >= 0.3 is 0 Å². The molecule has 0 aromatic carbocycles. The number of aliphatic hydroxyl groups is 2. The Balaban J connectivity index is 3.90. The van der Waals surface area contributed by atoms with E-state index < -0.39 is 0 Å². The molecule has 0 aromatic heterocycles. The molecule has 3 atom stereocenters. The zero-order valence-corrected chi connectivity index (χ0v) is 7.91. The lowest BCUT2D eigenvalue weighted by Crippen LogP contribution is -2.32. The first-order valence-electron chi connectivity index (χ1n) is 4.36. The lowest BCUT2D eigenvalue weighted by molar-refractivity contribution is -0.00322. The van der Waals surface area contributed by atoms with E-state index in [4.69, 9.17) is 0 Å². The molecular weight excluding hydrogens is 140 g/mol. The highest BCUT2D eigenvalue weighted by Gasteiger charge is 2.23. The molecule has 0 fully saturated rings. The summed E-state index contributed by atoms with van der Waals surface area (Å²) in [5.41, 5.74) is 0. The molecule has 0 rings (SSSR count). The maximum absolute atomic E-state index is 9.54. The molecule has 0 spiro atoms. The van der Waals surface area contributed by atoms with Gasteiger partial charge in [0, 0.05) is 5.92 Å². The van der Waals surface area contributed by atoms with Crippen LogP contribution in [0, 0.1) is 11.8 Å². The van der Waals surface area contributed by atoms with Gasteiger partial charge in [-0.25, -0.2) is 0 Å². The fraction of sp³-hybridized carbons (Fsp3) is 1.00. The SMILES string of the molecule is CC[C@H](O)[C@H](C)[C@H](O)C(C)C. The van der Waals surface area contributed by atoms with Crippen molar-refractivity contribution in [2.24, 2.45) is 11.8 Å². The van der Waals surface area contributed by atoms with E-state index in [-0.39, 0.29) is 24.0 Å². The molecule has 0 bridgehead atoms. The summed E-state index contributed by atoms with van der Waals surface area (Å²) in [6, 6.07) is 0. The lowest BCUT2D eigenvalue weighted by Gasteiger charge is -2.25. The maximum Gasteiger partial charge on any atom is 0.0613 e. The highest BCUT2D eigenvalue weighted by Crippen LogP contribution is 2.17. The van der Waals surface area contributed by atoms with Crippen LogP contribution in [0.1, 0.15) is 34.1 Å². The zero-order valence-electron chi connectivity index (χ0n) is 7.91. The van der Waals surface area contributed by atoms with Crippen molar-refractivity contribution in [1.29, 1.82) is 0 Å². The van der Waals surface area contributed by atoms with Crippen LogP contribution in [0.3, 0.4) is 0 Å². The molecule has 0 aliphatic rings. The predicted octanol–water partition coefficient (Wildman–Crippen LogP) is 1.41. The average Bonchev–Trinajstić information content (AvgIpc) is 2.00. The van der Waals surface area contributed by atoms with E-state index in [2.05, 4.69) is 0 Å². The van der Waals surface area contributed by atoms with Crippen molar-refractivity contribution < 1.29 is 10.2 Å². The summed E-state index contributed by atoms with van der Waals surface area (Å²) >= 11 is 0. The molecular formula is C9H20O2. The summed E-state index contributed by atoms with van der Waals surface area (Å²) in [5.74, 6) is 0.214. The van der Waals surface area contributed by atoms with E-state index in [1.54, 1.807) is 0 Å². The Morgan fingerprint density at radius 1 is 1.09 bits per heavy atom. The van der Waals surface area contributed by atoms with E-state index in [9.17, 15) is 10.2 Å². The van der Waals surface area contributed by atoms with Crippen molar-refractivity contribution in [1.82, 2.24) is 0 Å². The van der Waals surface area contributed by atoms with Gasteiger partial charge in [0.1, 0.15) is 0 Å². The van der Waals surface area contributed by atoms with Crippen molar-refractivity contribution in [3.8, 4) is 0 Å². The Bertz CT molecular complexity index is 102. The normalized spacial score (nSPS) is 19.9. The second-order valence-electron chi connectivity index (χ2n) is 3.57. The molecule has 0 unspecified atom stereocenters. The van der Waals surface area contributed by atoms with Gasteiger partial charge in [-0.05, 0) is 12.3 Å². The number of hydrogen-bond acceptors (Lipinski definition) is 2. The molecule has 68 valence electrons. The molecule has 0 heterocycles. The Labute approximate surface area is 69.2 Å². The predicted molar refractivity (Wildman–Crippen MR) is 46.3 cm³/mol. The van der Waals surface area contributed by atoms with E-state index in [1.807, 2.05) is 27.7 Å². The topological polar surface area (TPSA) is 40.5 Å². The van der Waals surface area contributed by atoms with Gasteiger partial charge in [0.05, 0.1) is 12.2 Å². The van der Waals surface area contributed by atoms with Gasteiger partial charge < -0.3 is 10.2 Å². The van der Waals surface area contributed by atoms with Crippen LogP contribution in [-0.2, 0) is 0 Å². The van der Waals surface area contributed by atoms with Crippen molar-refractivity contribution >= 4 is 0 Å². The fourth-order valence-electron chi connectivity index (χ4n) is 1.21. The van der Waals surface area contributed by atoms with Crippen LogP contribution in [0.25, 0.3) is 0 Å². The highest BCUT2D eigenvalue weighted by atomic mass is 16.3. The van der Waals surface area contributed by atoms with Gasteiger partial charge in [-0.3, -0.25) is 0 Å². The first-order valence-corrected chi connectivity index (χ1v) is 4.36. The van der Waals surface area contributed by atoms with Crippen molar-refractivity contribution in [3.05, 3.63) is 0 Å². The van der Waals surface area contributed by atoms with Crippen LogP contribution in [0.2, 0.25) is 0 Å². The van der Waals surface area contributed by atoms with Gasteiger partial charge in [-0.2, -0.15) is 0 Å². The molecule has 0 saturated carbocycles. The molecule has 0 aliphatic heterocycles. The molecule has 0 saturated heterocycles. The van der Waals surface area contributed by atoms with Gasteiger partial charge in [0.25, 0.3) is 0 Å². The summed E-state index contributed by atoms with van der Waals surface area (Å²) < 4.78 is 0. The number of hydrogen-bond donors (Lipinski definition) is 2. The smallest absolute Gasteiger partial charge is 0.0613 e. The van der Waals surface area contributed by atoms with E-state index in [1.165, 1.54) is 0 Å². The van der Waals surface area contributed by atoms with E-state index in [0.717, 1.165) is 0 Å². The third kappa shape index (κ3) is 3.21. The molecule has 11 heavy (non-hydrogen) atoms. The second kappa shape index (κ2) is 4.73. The first-order chi connectivity index (χ1) is 5.00. The minimum absolute atomic E-state index is 0.0139. The van der Waals surface area contributed by atoms with Crippen molar-refractivity contribution in [2.45, 2.75) is 46.3 Å². The molecule has 2 heteroatoms. The molecule has 0 aromatic rings. The van der Waals surface area contributed by atoms with Gasteiger partial charge in [0.15, 0.2) is 0 Å². The lowest BCUT2D eigenvalue weighted by atomic mass is 9.89. The standard InChI is InChI=1S/C9H20O2/c1-5-8(10)7(4)9(11)6(2)3/h6-11H,5H2,1-4H3/t7-,8-,9+/m0/s1. The third-order valence-electron chi connectivity index (χ3n) is 2.25. The van der Waals surface area contributed by atoms with Crippen LogP contribution in [0.4, 0.5) is 0 Å². The summed E-state index contributed by atoms with van der Waals surface area (Å²) in [6.45, 7) is 7.74. The number of aliphatic hydroxyl groups excluding tert-OH is 2. The minimum Gasteiger partial charge on any atom is -0.393 e. The Morgan fingerprint density at radius 2 is 1.55 bits per heavy atom. The van der Waals surface area contributed by atoms with E-state index in [0.29, 0.717) is 6.42 Å². The van der Waals surface area contributed by atoms with Crippen LogP contribution in [0.5, 0.6) is 0 Å². The summed E-state index contributed by atoms with van der Waals surface area (Å²) in [7, 11) is 0. The van der Waals surface area contributed by atoms with Crippen LogP contribution >= 0.6 is 0 Å². The molecule has 0 aliphatic carbocycles. The zero-order chi connectivity index (χ0) is 9.02. The monoisotopic (exact) mass is 160 g/mol. The van der Waals surface area contributed by atoms with E-state index >= 15 is 0 Å². The van der Waals surface area contributed by atoms with Crippen LogP contribution in [0.15, 0.2) is 0 Å². The minimum atomic E-state index is -0.384. The Hall–Kier alpha value is -0.0800. The molecule has 2 nitrogen and oxygen atoms in total. The highest BCUT2D eigenvalue weighted by molar-refractivity contribution is 4.73. The van der Waals surface area contributed by atoms with Crippen LogP contribution < -0.4 is 0 Å². The maximum atomic E-state index is 9.54. The Morgan fingerprint density at radius 3 is 1.82 bits per heavy atom. The summed E-state index contributed by atoms with van der Waals surface area (Å²) in [6.07, 6.45) is -0.0392. The molecule has 0 radical (unpaired) electrons. The average molecular weight is 160 g/mol. The van der Waals surface area contributed by atoms with Crippen LogP contribution in [-0.4, -0.2) is 22.4 Å². The fourth-order valence-corrected chi connectivity index (χ4v) is 1.21. The summed E-state index contributed by atoms with van der Waals surface area (Å²) in [4.78, 5) is 0. The second-order valence-corrected chi connectivity index (χ2v) is 3.57. The van der Waals surface area contributed by atoms with Gasteiger partial charge in [-0.15, -0.1) is 0 Å². The Kier molecular flexibility index (Phi) is 4.69. The number of rotatable bonds is 4. The third-order valence-corrected chi connectivity index (χ3v) is 2.25. The largest absolute Gasteiger partial charge is 0.393 e. The molecule has 2 N–H and O–H groups in total.